The topological polar surface area (TPSA) is 26.3 Å². The molecule has 2 aromatic rings. The van der Waals surface area contributed by atoms with Crippen LogP contribution < -0.4 is 4.52 Å². The van der Waals surface area contributed by atoms with E-state index in [1.165, 1.54) is 12.1 Å². The molecule has 0 saturated heterocycles. The van der Waals surface area contributed by atoms with Crippen LogP contribution in [0.2, 0.25) is 0 Å². The standard InChI is InChI=1S/C12H5F5O2PS/c13-7-8(14)10(16)12(11(17)9(7)15)21-20(18)19-6-4-2-1-3-5-6/h1-5H/q+1. The Labute approximate surface area is 120 Å². The second-order valence-electron chi connectivity index (χ2n) is 3.62. The van der Waals surface area contributed by atoms with Gasteiger partial charge in [0, 0.05) is 0 Å². The van der Waals surface area contributed by atoms with Crippen molar-refractivity contribution in [3.63, 3.8) is 0 Å². The first kappa shape index (κ1) is 15.7. The molecule has 110 valence electrons. The smallest absolute Gasteiger partial charge is 0.245 e. The number of halogens is 5. The van der Waals surface area contributed by atoms with Crippen LogP contribution in [-0.4, -0.2) is 0 Å². The van der Waals surface area contributed by atoms with Gasteiger partial charge in [0.15, 0.2) is 29.0 Å². The Bertz CT molecular complexity index is 667. The Kier molecular flexibility index (Phi) is 4.80. The first-order valence-corrected chi connectivity index (χ1v) is 7.91. The molecule has 0 saturated carbocycles. The third-order valence-corrected chi connectivity index (χ3v) is 4.53. The van der Waals surface area contributed by atoms with Gasteiger partial charge in [-0.15, -0.1) is 0 Å². The Morgan fingerprint density at radius 2 is 1.29 bits per heavy atom. The van der Waals surface area contributed by atoms with Gasteiger partial charge in [0.05, 0.1) is 0 Å². The van der Waals surface area contributed by atoms with Gasteiger partial charge in [0.25, 0.3) is 0 Å². The fraction of sp³-hybridized carbons (Fsp3) is 0. The maximum absolute atomic E-state index is 13.4. The lowest BCUT2D eigenvalue weighted by molar-refractivity contribution is 0.361. The molecule has 0 aliphatic rings. The van der Waals surface area contributed by atoms with E-state index < -0.39 is 41.2 Å². The zero-order valence-electron chi connectivity index (χ0n) is 9.95. The van der Waals surface area contributed by atoms with Crippen molar-refractivity contribution in [2.24, 2.45) is 0 Å². The van der Waals surface area contributed by atoms with Crippen molar-refractivity contribution in [3.8, 4) is 5.75 Å². The molecular formula is C12H5F5O2PS+. The van der Waals surface area contributed by atoms with E-state index in [1.54, 1.807) is 18.2 Å². The second-order valence-corrected chi connectivity index (χ2v) is 6.28. The van der Waals surface area contributed by atoms with E-state index in [2.05, 4.69) is 0 Å². The van der Waals surface area contributed by atoms with E-state index in [4.69, 9.17) is 4.52 Å². The van der Waals surface area contributed by atoms with Crippen LogP contribution in [0.3, 0.4) is 0 Å². The summed E-state index contributed by atoms with van der Waals surface area (Å²) in [6.07, 6.45) is 0. The number of rotatable bonds is 4. The Morgan fingerprint density at radius 3 is 1.81 bits per heavy atom. The van der Waals surface area contributed by atoms with Crippen molar-refractivity contribution in [2.75, 3.05) is 0 Å². The average Bonchev–Trinajstić information content (AvgIpc) is 2.48. The molecule has 2 rings (SSSR count). The van der Waals surface area contributed by atoms with Gasteiger partial charge in [-0.25, -0.2) is 26.5 Å². The minimum Gasteiger partial charge on any atom is -0.245 e. The summed E-state index contributed by atoms with van der Waals surface area (Å²) in [7, 11) is -2.77. The Balaban J connectivity index is 2.26. The van der Waals surface area contributed by atoms with Gasteiger partial charge >= 0.3 is 7.23 Å². The maximum Gasteiger partial charge on any atom is 0.640 e. The summed E-state index contributed by atoms with van der Waals surface area (Å²) in [4.78, 5) is -1.25. The Hall–Kier alpha value is -1.66. The lowest BCUT2D eigenvalue weighted by Gasteiger charge is -2.02. The van der Waals surface area contributed by atoms with E-state index in [0.29, 0.717) is 0 Å². The average molecular weight is 339 g/mol. The quantitative estimate of drug-likeness (QED) is 0.331. The van der Waals surface area contributed by atoms with Gasteiger partial charge in [0.2, 0.25) is 17.2 Å². The van der Waals surface area contributed by atoms with Gasteiger partial charge in [-0.05, 0) is 16.7 Å². The molecule has 2 nitrogen and oxygen atoms in total. The zero-order chi connectivity index (χ0) is 15.6. The van der Waals surface area contributed by atoms with Crippen molar-refractivity contribution in [2.45, 2.75) is 4.90 Å². The fourth-order valence-corrected chi connectivity index (χ4v) is 3.44. The largest absolute Gasteiger partial charge is 0.640 e. The summed E-state index contributed by atoms with van der Waals surface area (Å²) in [5.74, 6) is -10.4. The fourth-order valence-electron chi connectivity index (χ4n) is 1.33. The van der Waals surface area contributed by atoms with E-state index in [-0.39, 0.29) is 17.1 Å². The molecule has 0 radical (unpaired) electrons. The molecule has 1 atom stereocenters. The van der Waals surface area contributed by atoms with Crippen molar-refractivity contribution in [1.82, 2.24) is 0 Å². The molecule has 0 bridgehead atoms. The first-order valence-electron chi connectivity index (χ1n) is 5.31. The summed E-state index contributed by atoms with van der Waals surface area (Å²) < 4.78 is 82.0. The second kappa shape index (κ2) is 6.41. The van der Waals surface area contributed by atoms with Crippen molar-refractivity contribution < 1.29 is 31.0 Å². The maximum atomic E-state index is 13.4. The minimum atomic E-state index is -2.77. The van der Waals surface area contributed by atoms with Gasteiger partial charge in [-0.2, -0.15) is 0 Å². The van der Waals surface area contributed by atoms with E-state index in [1.807, 2.05) is 0 Å². The molecule has 0 aromatic heterocycles. The summed E-state index contributed by atoms with van der Waals surface area (Å²) in [5, 5.41) is 0. The van der Waals surface area contributed by atoms with Crippen LogP contribution in [-0.2, 0) is 4.57 Å². The molecule has 0 heterocycles. The number of para-hydroxylation sites is 1. The predicted octanol–water partition coefficient (Wildman–Crippen LogP) is 5.21. The third-order valence-electron chi connectivity index (χ3n) is 2.26. The van der Waals surface area contributed by atoms with Gasteiger partial charge in [-0.3, -0.25) is 0 Å². The molecule has 21 heavy (non-hydrogen) atoms. The molecule has 9 heteroatoms. The molecule has 0 fully saturated rings. The molecule has 0 spiro atoms. The molecule has 0 amide bonds. The Morgan fingerprint density at radius 1 is 0.810 bits per heavy atom. The van der Waals surface area contributed by atoms with E-state index in [9.17, 15) is 26.5 Å². The lowest BCUT2D eigenvalue weighted by atomic mass is 10.3. The van der Waals surface area contributed by atoms with Crippen LogP contribution in [0.5, 0.6) is 5.75 Å². The summed E-state index contributed by atoms with van der Waals surface area (Å²) in [5.41, 5.74) is 0. The van der Waals surface area contributed by atoms with E-state index in [0.717, 1.165) is 0 Å². The van der Waals surface area contributed by atoms with Gasteiger partial charge < -0.3 is 0 Å². The molecular weight excluding hydrogens is 334 g/mol. The van der Waals surface area contributed by atoms with Crippen LogP contribution in [0.25, 0.3) is 0 Å². The number of benzene rings is 2. The molecule has 0 aliphatic carbocycles. The predicted molar refractivity (Wildman–Crippen MR) is 66.8 cm³/mol. The number of hydrogen-bond acceptors (Lipinski definition) is 3. The van der Waals surface area contributed by atoms with Crippen LogP contribution in [0.1, 0.15) is 0 Å². The SMILES string of the molecule is O=[P+](Oc1ccccc1)Sc1c(F)c(F)c(F)c(F)c1F. The number of hydrogen-bond donors (Lipinski definition) is 0. The third kappa shape index (κ3) is 3.33. The van der Waals surface area contributed by atoms with Gasteiger partial charge in [0.1, 0.15) is 4.90 Å². The highest BCUT2D eigenvalue weighted by atomic mass is 32.7. The van der Waals surface area contributed by atoms with Crippen LogP contribution in [0.4, 0.5) is 22.0 Å². The van der Waals surface area contributed by atoms with E-state index >= 15 is 0 Å². The van der Waals surface area contributed by atoms with Crippen LogP contribution in [0.15, 0.2) is 35.2 Å². The lowest BCUT2D eigenvalue weighted by Crippen LogP contribution is -2.02. The van der Waals surface area contributed by atoms with Gasteiger partial charge in [-0.1, -0.05) is 18.2 Å². The molecule has 0 N–H and O–H groups in total. The molecule has 2 aromatic carbocycles. The zero-order valence-corrected chi connectivity index (χ0v) is 11.7. The van der Waals surface area contributed by atoms with Crippen LogP contribution >= 0.6 is 18.6 Å². The van der Waals surface area contributed by atoms with Crippen molar-refractivity contribution in [1.29, 1.82) is 0 Å². The molecule has 1 unspecified atom stereocenters. The summed E-state index contributed by atoms with van der Waals surface area (Å²) >= 11 is -0.0809. The first-order chi connectivity index (χ1) is 9.91. The highest BCUT2D eigenvalue weighted by molar-refractivity contribution is 8.50. The van der Waals surface area contributed by atoms with Crippen LogP contribution in [0, 0.1) is 29.1 Å². The minimum absolute atomic E-state index is 0.0809. The summed E-state index contributed by atoms with van der Waals surface area (Å²) in [6.45, 7) is 0. The summed E-state index contributed by atoms with van der Waals surface area (Å²) in [6, 6.07) is 7.61. The highest BCUT2D eigenvalue weighted by Crippen LogP contribution is 2.47. The molecule has 0 aliphatic heterocycles. The normalized spacial score (nSPS) is 11.4. The monoisotopic (exact) mass is 339 g/mol. The van der Waals surface area contributed by atoms with Crippen molar-refractivity contribution >= 4 is 18.6 Å². The van der Waals surface area contributed by atoms with Crippen molar-refractivity contribution in [3.05, 3.63) is 59.4 Å². The highest BCUT2D eigenvalue weighted by Gasteiger charge is 2.34.